The number of anilines is 1. The van der Waals surface area contributed by atoms with Crippen molar-refractivity contribution in [3.8, 4) is 0 Å². The fourth-order valence-electron chi connectivity index (χ4n) is 2.41. The van der Waals surface area contributed by atoms with Crippen LogP contribution in [-0.4, -0.2) is 20.9 Å². The highest BCUT2D eigenvalue weighted by atomic mass is 16.4. The van der Waals surface area contributed by atoms with Crippen LogP contribution in [0.1, 0.15) is 32.2 Å². The molecule has 7 nitrogen and oxygen atoms in total. The molecule has 0 saturated carbocycles. The highest BCUT2D eigenvalue weighted by molar-refractivity contribution is 6.02. The number of aromatic amines is 1. The molecule has 2 N–H and O–H groups in total. The van der Waals surface area contributed by atoms with Crippen LogP contribution in [0.4, 0.5) is 5.69 Å². The van der Waals surface area contributed by atoms with Gasteiger partial charge in [-0.05, 0) is 18.2 Å². The van der Waals surface area contributed by atoms with Crippen LogP contribution in [0.25, 0.3) is 17.2 Å². The van der Waals surface area contributed by atoms with Gasteiger partial charge in [-0.3, -0.25) is 19.7 Å². The lowest BCUT2D eigenvalue weighted by molar-refractivity contribution is -0.111. The number of H-pyrrole nitrogens is 1. The summed E-state index contributed by atoms with van der Waals surface area (Å²) in [6, 6.07) is 4.93. The van der Waals surface area contributed by atoms with Crippen molar-refractivity contribution < 1.29 is 9.21 Å². The first-order chi connectivity index (χ1) is 11.8. The van der Waals surface area contributed by atoms with Gasteiger partial charge in [-0.15, -0.1) is 0 Å². The molecule has 25 heavy (non-hydrogen) atoms. The summed E-state index contributed by atoms with van der Waals surface area (Å²) in [5.74, 6) is -0.849. The number of rotatable bonds is 3. The number of hydrogen-bond donors (Lipinski definition) is 2. The molecule has 0 aliphatic rings. The molecule has 1 aromatic carbocycles. The molecule has 1 amide bonds. The van der Waals surface area contributed by atoms with Crippen molar-refractivity contribution in [2.45, 2.75) is 26.2 Å². The van der Waals surface area contributed by atoms with E-state index in [4.69, 9.17) is 4.42 Å². The van der Waals surface area contributed by atoms with Crippen molar-refractivity contribution in [2.75, 3.05) is 5.32 Å². The monoisotopic (exact) mass is 338 g/mol. The minimum absolute atomic E-state index is 0.179. The molecule has 0 bridgehead atoms. The Bertz CT molecular complexity index is 1010. The molecule has 0 fully saturated rings. The van der Waals surface area contributed by atoms with Crippen LogP contribution >= 0.6 is 0 Å². The van der Waals surface area contributed by atoms with E-state index in [1.54, 1.807) is 36.7 Å². The maximum absolute atomic E-state index is 12.1. The van der Waals surface area contributed by atoms with Crippen molar-refractivity contribution in [2.24, 2.45) is 0 Å². The predicted molar refractivity (Wildman–Crippen MR) is 95.2 cm³/mol. The largest absolute Gasteiger partial charge is 0.417 e. The third-order valence-electron chi connectivity index (χ3n) is 3.52. The zero-order valence-electron chi connectivity index (χ0n) is 14.2. The molecule has 2 aromatic heterocycles. The highest BCUT2D eigenvalue weighted by Gasteiger charge is 2.19. The number of aromatic nitrogens is 3. The predicted octanol–water partition coefficient (Wildman–Crippen LogP) is 2.86. The second-order valence-electron chi connectivity index (χ2n) is 6.59. The van der Waals surface area contributed by atoms with Gasteiger partial charge < -0.3 is 9.73 Å². The van der Waals surface area contributed by atoms with Crippen LogP contribution in [0.5, 0.6) is 0 Å². The van der Waals surface area contributed by atoms with Gasteiger partial charge in [0.25, 0.3) is 0 Å². The average Bonchev–Trinajstić information content (AvgIpc) is 2.91. The van der Waals surface area contributed by atoms with Crippen molar-refractivity contribution in [1.82, 2.24) is 15.0 Å². The molecular formula is C18H18N4O3. The van der Waals surface area contributed by atoms with Gasteiger partial charge in [-0.2, -0.15) is 0 Å². The number of nitrogens with zero attached hydrogens (tertiary/aromatic N) is 2. The van der Waals surface area contributed by atoms with Crippen molar-refractivity contribution in [3.63, 3.8) is 0 Å². The van der Waals surface area contributed by atoms with E-state index in [1.807, 2.05) is 20.8 Å². The lowest BCUT2D eigenvalue weighted by Gasteiger charge is -2.18. The van der Waals surface area contributed by atoms with Crippen LogP contribution in [0.15, 0.2) is 45.9 Å². The molecule has 3 rings (SSSR count). The van der Waals surface area contributed by atoms with E-state index in [9.17, 15) is 9.59 Å². The fraction of sp³-hybridized carbons (Fsp3) is 0.222. The SMILES string of the molecule is CC(C)(C)c1nccnc1/C=C/C(=O)Nc1ccc2[nH]c(=O)oc2c1. The summed E-state index contributed by atoms with van der Waals surface area (Å²) in [4.78, 5) is 34.5. The lowest BCUT2D eigenvalue weighted by Crippen LogP contribution is -2.16. The first kappa shape index (κ1) is 16.6. The van der Waals surface area contributed by atoms with E-state index >= 15 is 0 Å². The normalized spacial score (nSPS) is 12.0. The van der Waals surface area contributed by atoms with Crippen LogP contribution in [0.3, 0.4) is 0 Å². The Kier molecular flexibility index (Phi) is 4.22. The average molecular weight is 338 g/mol. The topological polar surface area (TPSA) is 101 Å². The Hall–Kier alpha value is -3.22. The molecular weight excluding hydrogens is 320 g/mol. The van der Waals surface area contributed by atoms with E-state index in [0.717, 1.165) is 5.69 Å². The third kappa shape index (κ3) is 3.82. The summed E-state index contributed by atoms with van der Waals surface area (Å²) in [7, 11) is 0. The summed E-state index contributed by atoms with van der Waals surface area (Å²) in [6.07, 6.45) is 6.27. The number of oxazole rings is 1. The van der Waals surface area contributed by atoms with E-state index in [0.29, 0.717) is 22.5 Å². The number of hydrogen-bond acceptors (Lipinski definition) is 5. The molecule has 0 aliphatic carbocycles. The maximum Gasteiger partial charge on any atom is 0.417 e. The standard InChI is InChI=1S/C18H18N4O3/c1-18(2,3)16-13(19-8-9-20-16)6-7-15(23)21-11-4-5-12-14(10-11)25-17(24)22-12/h4-10H,1-3H3,(H,21,23)(H,22,24)/b7-6+. The second-order valence-corrected chi connectivity index (χ2v) is 6.59. The molecule has 0 atom stereocenters. The Morgan fingerprint density at radius 2 is 2.00 bits per heavy atom. The Labute approximate surface area is 143 Å². The van der Waals surface area contributed by atoms with Crippen LogP contribution < -0.4 is 11.1 Å². The molecule has 0 spiro atoms. The molecule has 0 unspecified atom stereocenters. The van der Waals surface area contributed by atoms with Crippen LogP contribution in [-0.2, 0) is 10.2 Å². The number of amides is 1. The minimum atomic E-state index is -0.532. The Morgan fingerprint density at radius 1 is 1.24 bits per heavy atom. The van der Waals surface area contributed by atoms with Gasteiger partial charge >= 0.3 is 5.76 Å². The third-order valence-corrected chi connectivity index (χ3v) is 3.52. The van der Waals surface area contributed by atoms with Crippen molar-refractivity contribution in [3.05, 3.63) is 58.6 Å². The van der Waals surface area contributed by atoms with E-state index in [-0.39, 0.29) is 11.3 Å². The zero-order chi connectivity index (χ0) is 18.0. The molecule has 128 valence electrons. The molecule has 2 heterocycles. The van der Waals surface area contributed by atoms with Gasteiger partial charge in [0.05, 0.1) is 16.9 Å². The van der Waals surface area contributed by atoms with Crippen molar-refractivity contribution >= 4 is 28.8 Å². The molecule has 0 radical (unpaired) electrons. The van der Waals surface area contributed by atoms with E-state index < -0.39 is 5.76 Å². The van der Waals surface area contributed by atoms with Crippen LogP contribution in [0, 0.1) is 0 Å². The number of nitrogens with one attached hydrogen (secondary N) is 2. The molecule has 0 aliphatic heterocycles. The summed E-state index contributed by atoms with van der Waals surface area (Å²) in [5, 5.41) is 2.72. The summed E-state index contributed by atoms with van der Waals surface area (Å²) < 4.78 is 4.97. The first-order valence-electron chi connectivity index (χ1n) is 7.76. The molecule has 7 heteroatoms. The van der Waals surface area contributed by atoms with Gasteiger partial charge in [-0.25, -0.2) is 4.79 Å². The van der Waals surface area contributed by atoms with Gasteiger partial charge in [-0.1, -0.05) is 20.8 Å². The molecule has 0 saturated heterocycles. The second kappa shape index (κ2) is 6.35. The quantitative estimate of drug-likeness (QED) is 0.715. The summed E-state index contributed by atoms with van der Waals surface area (Å²) in [6.45, 7) is 6.11. The minimum Gasteiger partial charge on any atom is -0.408 e. The van der Waals surface area contributed by atoms with E-state index in [2.05, 4.69) is 20.3 Å². The summed E-state index contributed by atoms with van der Waals surface area (Å²) >= 11 is 0. The summed E-state index contributed by atoms with van der Waals surface area (Å²) in [5.41, 5.74) is 2.77. The number of carbonyl (C=O) groups excluding carboxylic acids is 1. The lowest BCUT2D eigenvalue weighted by atomic mass is 9.90. The Balaban J connectivity index is 1.78. The zero-order valence-corrected chi connectivity index (χ0v) is 14.2. The first-order valence-corrected chi connectivity index (χ1v) is 7.76. The van der Waals surface area contributed by atoms with Gasteiger partial charge in [0, 0.05) is 35.6 Å². The Morgan fingerprint density at radius 3 is 2.76 bits per heavy atom. The van der Waals surface area contributed by atoms with Crippen molar-refractivity contribution in [1.29, 1.82) is 0 Å². The number of fused-ring (bicyclic) bond motifs is 1. The highest BCUT2D eigenvalue weighted by Crippen LogP contribution is 2.23. The van der Waals surface area contributed by atoms with Gasteiger partial charge in [0.15, 0.2) is 5.58 Å². The van der Waals surface area contributed by atoms with Gasteiger partial charge in [0.2, 0.25) is 5.91 Å². The fourth-order valence-corrected chi connectivity index (χ4v) is 2.41. The maximum atomic E-state index is 12.1. The number of benzene rings is 1. The smallest absolute Gasteiger partial charge is 0.408 e. The number of carbonyl (C=O) groups is 1. The van der Waals surface area contributed by atoms with E-state index in [1.165, 1.54) is 6.08 Å². The molecule has 3 aromatic rings. The van der Waals surface area contributed by atoms with Gasteiger partial charge in [0.1, 0.15) is 0 Å². The van der Waals surface area contributed by atoms with Crippen LogP contribution in [0.2, 0.25) is 0 Å².